The second-order valence-corrected chi connectivity index (χ2v) is 8.77. The molecule has 0 saturated carbocycles. The van der Waals surface area contributed by atoms with Gasteiger partial charge in [0.15, 0.2) is 0 Å². The smallest absolute Gasteiger partial charge is 0.130 e. The van der Waals surface area contributed by atoms with Crippen LogP contribution >= 0.6 is 20.7 Å². The third-order valence-corrected chi connectivity index (χ3v) is 7.08. The summed E-state index contributed by atoms with van der Waals surface area (Å²) in [5.41, 5.74) is 4.71. The Morgan fingerprint density at radius 3 is 2.64 bits per heavy atom. The molecule has 1 aliphatic heterocycles. The van der Waals surface area contributed by atoms with E-state index >= 15 is 0 Å². The van der Waals surface area contributed by atoms with Gasteiger partial charge in [0.1, 0.15) is 10.4 Å². The molecule has 1 aromatic heterocycles. The molecule has 25 heavy (non-hydrogen) atoms. The number of hydrogen-bond donors (Lipinski definition) is 1. The van der Waals surface area contributed by atoms with Crippen LogP contribution < -0.4 is 14.7 Å². The Morgan fingerprint density at radius 2 is 1.88 bits per heavy atom. The number of fused-ring (bicyclic) bond motifs is 3. The summed E-state index contributed by atoms with van der Waals surface area (Å²) < 4.78 is 6.51. The molecular formula is C20H20N2OS2. The molecule has 0 amide bonds. The van der Waals surface area contributed by atoms with Gasteiger partial charge < -0.3 is 10.1 Å². The predicted molar refractivity (Wildman–Crippen MR) is 107 cm³/mol. The number of nitrogens with zero attached hydrogens (tertiary/aromatic N) is 1. The highest BCUT2D eigenvalue weighted by Gasteiger charge is 2.33. The molecule has 0 atom stereocenters. The Bertz CT molecular complexity index is 971. The average Bonchev–Trinajstić information content (AvgIpc) is 3.05. The van der Waals surface area contributed by atoms with Crippen molar-refractivity contribution in [1.29, 1.82) is 0 Å². The highest BCUT2D eigenvalue weighted by molar-refractivity contribution is 7.68. The highest BCUT2D eigenvalue weighted by atomic mass is 32.9. The van der Waals surface area contributed by atoms with Gasteiger partial charge in [-0.1, -0.05) is 51.0 Å². The fourth-order valence-electron chi connectivity index (χ4n) is 3.13. The lowest BCUT2D eigenvalue weighted by Gasteiger charge is -2.33. The van der Waals surface area contributed by atoms with Crippen molar-refractivity contribution in [3.05, 3.63) is 63.6 Å². The molecule has 0 aliphatic carbocycles. The maximum atomic E-state index is 5.40. The minimum atomic E-state index is -0.115. The summed E-state index contributed by atoms with van der Waals surface area (Å²) in [4.78, 5) is 6.28. The molecule has 0 bridgehead atoms. The molecule has 0 spiro atoms. The third-order valence-electron chi connectivity index (χ3n) is 4.40. The van der Waals surface area contributed by atoms with Crippen LogP contribution in [-0.2, 0) is 12.1 Å². The van der Waals surface area contributed by atoms with Crippen LogP contribution in [0.25, 0.3) is 11.1 Å². The number of hydrogen-bond acceptors (Lipinski definition) is 5. The molecule has 0 radical (unpaired) electrons. The van der Waals surface area contributed by atoms with Crippen molar-refractivity contribution in [3.8, 4) is 16.9 Å². The van der Waals surface area contributed by atoms with Gasteiger partial charge in [0.2, 0.25) is 0 Å². The van der Waals surface area contributed by atoms with Crippen LogP contribution in [0, 0.1) is 0 Å². The van der Waals surface area contributed by atoms with Crippen molar-refractivity contribution < 1.29 is 4.74 Å². The Morgan fingerprint density at radius 1 is 1.08 bits per heavy atom. The number of methoxy groups -OCH3 is 1. The first-order valence-electron chi connectivity index (χ1n) is 8.23. The maximum Gasteiger partial charge on any atom is 0.130 e. The summed E-state index contributed by atoms with van der Waals surface area (Å²) >= 11 is 0. The average molecular weight is 369 g/mol. The molecule has 4 rings (SSSR count). The molecule has 3 nitrogen and oxygen atoms in total. The van der Waals surface area contributed by atoms with Crippen LogP contribution in [0.3, 0.4) is 0 Å². The molecule has 0 unspecified atom stereocenters. The molecule has 128 valence electrons. The minimum Gasteiger partial charge on any atom is -0.497 e. The molecule has 3 aromatic rings. The summed E-state index contributed by atoms with van der Waals surface area (Å²) in [6, 6.07) is 16.6. The van der Waals surface area contributed by atoms with Gasteiger partial charge in [0.05, 0.1) is 24.1 Å². The number of rotatable bonds is 3. The van der Waals surface area contributed by atoms with E-state index in [9.17, 15) is 0 Å². The normalized spacial score (nSPS) is 15.2. The van der Waals surface area contributed by atoms with Crippen molar-refractivity contribution in [3.63, 3.8) is 0 Å². The predicted octanol–water partition coefficient (Wildman–Crippen LogP) is 5.25. The lowest BCUT2D eigenvalue weighted by Crippen LogP contribution is -2.31. The first-order valence-corrected chi connectivity index (χ1v) is 10.4. The lowest BCUT2D eigenvalue weighted by atomic mass is 9.90. The topological polar surface area (TPSA) is 33.6 Å². The van der Waals surface area contributed by atoms with Crippen molar-refractivity contribution in [2.45, 2.75) is 25.9 Å². The van der Waals surface area contributed by atoms with Crippen LogP contribution in [0.1, 0.15) is 24.3 Å². The van der Waals surface area contributed by atoms with Crippen molar-refractivity contribution >= 4 is 26.4 Å². The quantitative estimate of drug-likeness (QED) is 0.641. The second-order valence-electron chi connectivity index (χ2n) is 6.64. The summed E-state index contributed by atoms with van der Waals surface area (Å²) in [7, 11) is 5.29. The molecule has 0 saturated heterocycles. The molecule has 5 heteroatoms. The standard InChI is InChI=1S/C20H20N2OS2/c1-20(2)18-17(15-10-9-14(23-3)11-16(15)22-20)19(25-24-18)21-12-13-7-5-4-6-8-13/h4-11,22H,12H2,1-3H3. The molecule has 1 N–H and O–H groups in total. The third kappa shape index (κ3) is 2.98. The Balaban J connectivity index is 1.84. The Hall–Kier alpha value is -2.11. The first kappa shape index (κ1) is 16.4. The number of nitrogens with one attached hydrogen (secondary N) is 1. The monoisotopic (exact) mass is 368 g/mol. The molecule has 2 aromatic carbocycles. The van der Waals surface area contributed by atoms with Gasteiger partial charge in [-0.25, -0.2) is 0 Å². The van der Waals surface area contributed by atoms with Crippen LogP contribution in [0.15, 0.2) is 53.5 Å². The first-order chi connectivity index (χ1) is 12.1. The zero-order chi connectivity index (χ0) is 17.4. The summed E-state index contributed by atoms with van der Waals surface area (Å²) in [5.74, 6) is 0.868. The molecule has 1 aliphatic rings. The number of anilines is 1. The van der Waals surface area contributed by atoms with Gasteiger partial charge in [0, 0.05) is 22.9 Å². The van der Waals surface area contributed by atoms with E-state index < -0.39 is 0 Å². The van der Waals surface area contributed by atoms with E-state index in [1.165, 1.54) is 21.6 Å². The minimum absolute atomic E-state index is 0.115. The van der Waals surface area contributed by atoms with E-state index in [1.54, 1.807) is 17.5 Å². The second kappa shape index (κ2) is 6.32. The van der Waals surface area contributed by atoms with Gasteiger partial charge >= 0.3 is 0 Å². The van der Waals surface area contributed by atoms with Crippen molar-refractivity contribution in [2.75, 3.05) is 12.4 Å². The lowest BCUT2D eigenvalue weighted by molar-refractivity contribution is 0.415. The van der Waals surface area contributed by atoms with Crippen LogP contribution in [0.2, 0.25) is 0 Å². The summed E-state index contributed by atoms with van der Waals surface area (Å²) in [6.07, 6.45) is 0. The summed E-state index contributed by atoms with van der Waals surface area (Å²) in [5, 5.41) is 3.65. The molecular weight excluding hydrogens is 348 g/mol. The van der Waals surface area contributed by atoms with E-state index in [4.69, 9.17) is 9.73 Å². The number of ether oxygens (including phenoxy) is 1. The van der Waals surface area contributed by atoms with E-state index in [0.717, 1.165) is 16.1 Å². The van der Waals surface area contributed by atoms with Gasteiger partial charge in [-0.3, -0.25) is 4.99 Å². The van der Waals surface area contributed by atoms with Crippen LogP contribution in [0.4, 0.5) is 5.69 Å². The zero-order valence-corrected chi connectivity index (χ0v) is 16.1. The molecule has 0 fully saturated rings. The number of benzene rings is 2. The van der Waals surface area contributed by atoms with Gasteiger partial charge in [-0.05, 0) is 31.5 Å². The Labute approximate surface area is 155 Å². The van der Waals surface area contributed by atoms with E-state index in [1.807, 2.05) is 22.5 Å². The SMILES string of the molecule is COc1ccc2c(c1)NC(C)(C)c1ssc(=NCc3ccccc3)c1-2. The largest absolute Gasteiger partial charge is 0.497 e. The summed E-state index contributed by atoms with van der Waals surface area (Å²) in [6.45, 7) is 5.15. The van der Waals surface area contributed by atoms with Crippen molar-refractivity contribution in [2.24, 2.45) is 4.99 Å². The van der Waals surface area contributed by atoms with Crippen LogP contribution in [-0.4, -0.2) is 7.11 Å². The van der Waals surface area contributed by atoms with E-state index in [-0.39, 0.29) is 5.54 Å². The van der Waals surface area contributed by atoms with Gasteiger partial charge in [-0.2, -0.15) is 0 Å². The molecule has 2 heterocycles. The van der Waals surface area contributed by atoms with E-state index in [2.05, 4.69) is 55.6 Å². The highest BCUT2D eigenvalue weighted by Crippen LogP contribution is 2.46. The fourth-order valence-corrected chi connectivity index (χ4v) is 6.09. The fraction of sp³-hybridized carbons (Fsp3) is 0.250. The van der Waals surface area contributed by atoms with Gasteiger partial charge in [0.25, 0.3) is 0 Å². The zero-order valence-electron chi connectivity index (χ0n) is 14.5. The van der Waals surface area contributed by atoms with Crippen molar-refractivity contribution in [1.82, 2.24) is 0 Å². The Kier molecular flexibility index (Phi) is 4.13. The van der Waals surface area contributed by atoms with Gasteiger partial charge in [-0.15, -0.1) is 0 Å². The maximum absolute atomic E-state index is 5.40. The van der Waals surface area contributed by atoms with Crippen LogP contribution in [0.5, 0.6) is 5.75 Å². The van der Waals surface area contributed by atoms with E-state index in [0.29, 0.717) is 6.54 Å².